The summed E-state index contributed by atoms with van der Waals surface area (Å²) in [5.74, 6) is -5.88. The van der Waals surface area contributed by atoms with Gasteiger partial charge in [-0.05, 0) is 36.4 Å². The Balaban J connectivity index is 0.00000952. The van der Waals surface area contributed by atoms with Crippen LogP contribution in [0.25, 0.3) is 10.8 Å². The topological polar surface area (TPSA) is 414 Å². The van der Waals surface area contributed by atoms with E-state index in [0.29, 0.717) is 6.07 Å². The Labute approximate surface area is 383 Å². The van der Waals surface area contributed by atoms with Gasteiger partial charge in [-0.3, -0.25) is 18.2 Å². The number of phenolic OH excluding ortho intramolecular Hbond substituents is 2. The van der Waals surface area contributed by atoms with E-state index in [1.165, 1.54) is 21.3 Å². The molecule has 66 heavy (non-hydrogen) atoms. The molecule has 0 saturated heterocycles. The number of rotatable bonds is 18. The van der Waals surface area contributed by atoms with Gasteiger partial charge in [0.05, 0.1) is 42.1 Å². The molecule has 1 aromatic heterocycles. The first-order valence-electron chi connectivity index (χ1n) is 17.2. The van der Waals surface area contributed by atoms with Crippen LogP contribution in [0.15, 0.2) is 83.7 Å². The molecule has 361 valence electrons. The number of hydrogen-bond donors (Lipinski definition) is 7. The summed E-state index contributed by atoms with van der Waals surface area (Å²) in [6, 6.07) is 7.12. The summed E-state index contributed by atoms with van der Waals surface area (Å²) in [7, 11) is -20.8. The zero-order valence-electron chi connectivity index (χ0n) is 33.3. The van der Waals surface area contributed by atoms with Gasteiger partial charge in [0.25, 0.3) is 40.5 Å². The van der Waals surface area contributed by atoms with E-state index in [2.05, 4.69) is 40.7 Å². The molecule has 0 aliphatic rings. The normalized spacial score (nSPS) is 12.7. The van der Waals surface area contributed by atoms with Crippen LogP contribution >= 0.6 is 0 Å². The molecule has 5 rings (SSSR count). The molecular formula is C32H32CuFN9O18S5. The monoisotopic (exact) mass is 1070 g/mol. The minimum atomic E-state index is -5.50. The first-order valence-corrected chi connectivity index (χ1v) is 25.0. The van der Waals surface area contributed by atoms with Crippen LogP contribution in [0.1, 0.15) is 0 Å². The van der Waals surface area contributed by atoms with Gasteiger partial charge < -0.3 is 29.9 Å². The minimum Gasteiger partial charge on any atom is -0.506 e. The predicted molar refractivity (Wildman–Crippen MR) is 222 cm³/mol. The molecule has 0 aliphatic heterocycles. The summed E-state index contributed by atoms with van der Waals surface area (Å²) in [6.07, 6.45) is -1.50. The first-order chi connectivity index (χ1) is 30.0. The van der Waals surface area contributed by atoms with Crippen molar-refractivity contribution in [2.24, 2.45) is 20.5 Å². The smallest absolute Gasteiger partial charge is 0.315 e. The molecule has 0 amide bonds. The average molecular weight is 1070 g/mol. The molecule has 0 spiro atoms. The van der Waals surface area contributed by atoms with Crippen molar-refractivity contribution in [1.82, 2.24) is 15.0 Å². The number of azo groups is 2. The van der Waals surface area contributed by atoms with Gasteiger partial charge in [0.1, 0.15) is 38.3 Å². The van der Waals surface area contributed by atoms with E-state index in [1.807, 2.05) is 0 Å². The molecule has 0 unspecified atom stereocenters. The van der Waals surface area contributed by atoms with Crippen molar-refractivity contribution in [2.75, 3.05) is 55.3 Å². The molecule has 27 nitrogen and oxygen atoms in total. The number of nitrogens with zero attached hydrogens (tertiary/aromatic N) is 8. The molecule has 0 aliphatic carbocycles. The van der Waals surface area contributed by atoms with E-state index in [1.54, 1.807) is 0 Å². The molecule has 34 heteroatoms. The molecule has 1 radical (unpaired) electrons. The van der Waals surface area contributed by atoms with E-state index in [4.69, 9.17) is 14.0 Å². The summed E-state index contributed by atoms with van der Waals surface area (Å²) in [4.78, 5) is 8.55. The molecule has 0 fully saturated rings. The van der Waals surface area contributed by atoms with Gasteiger partial charge in [0.2, 0.25) is 11.9 Å². The van der Waals surface area contributed by atoms with Gasteiger partial charge >= 0.3 is 6.08 Å². The van der Waals surface area contributed by atoms with E-state index >= 15 is 0 Å². The second-order valence-corrected chi connectivity index (χ2v) is 21.0. The van der Waals surface area contributed by atoms with Crippen LogP contribution in [-0.4, -0.2) is 131 Å². The van der Waals surface area contributed by atoms with Crippen LogP contribution in [0.5, 0.6) is 23.0 Å². The minimum absolute atomic E-state index is 0. The fourth-order valence-corrected chi connectivity index (χ4v) is 10.0. The maximum Gasteiger partial charge on any atom is 0.315 e. The predicted octanol–water partition coefficient (Wildman–Crippen LogP) is 3.64. The number of halogens is 1. The maximum absolute atomic E-state index is 14.7. The third-order valence-electron chi connectivity index (χ3n) is 8.54. The van der Waals surface area contributed by atoms with E-state index in [9.17, 15) is 70.4 Å². The van der Waals surface area contributed by atoms with Crippen molar-refractivity contribution in [3.8, 4) is 23.0 Å². The number of fused-ring (bicyclic) bond motifs is 1. The zero-order chi connectivity index (χ0) is 48.4. The van der Waals surface area contributed by atoms with Crippen molar-refractivity contribution in [3.05, 3.63) is 54.6 Å². The van der Waals surface area contributed by atoms with Crippen LogP contribution in [0.3, 0.4) is 0 Å². The maximum atomic E-state index is 14.7. The van der Waals surface area contributed by atoms with Crippen LogP contribution in [0.2, 0.25) is 0 Å². The van der Waals surface area contributed by atoms with Gasteiger partial charge in [-0.2, -0.15) is 53.0 Å². The summed E-state index contributed by atoms with van der Waals surface area (Å²) >= 11 is 0. The number of aromatic nitrogens is 3. The fraction of sp³-hybridized carbons (Fsp3) is 0.219. The number of anilines is 3. The standard InChI is InChI=1S/C32H32FN9O18S5.Cu/c1-42(8-9-61(45,46)10-11-62(47,48)49)32-36-30(33)35-31(37-32)34-19-6-5-17-18(29(19)65(56,57)58)13-26(64(53,54)55)27(28(17)44)41-39-21-15-25(60-3)24(59-2)14-20(21)38-40-22-12-16(63(50,51)52)4-7-23(22)43;/h4-7,12-15,43-44H,8-11H2,1-3H3,(H,47,48,49)(H,50,51,52)(H,53,54,55)(H,56,57,58)(H,34,35,36,37);. The molecule has 4 aromatic carbocycles. The average Bonchev–Trinajstić information content (AvgIpc) is 3.19. The van der Waals surface area contributed by atoms with Gasteiger partial charge in [0.15, 0.2) is 27.1 Å². The van der Waals surface area contributed by atoms with Gasteiger partial charge in [0, 0.05) is 53.6 Å². The number of sulfone groups is 1. The Morgan fingerprint density at radius 3 is 1.82 bits per heavy atom. The number of methoxy groups -OCH3 is 2. The number of aromatic hydroxyl groups is 2. The van der Waals surface area contributed by atoms with Gasteiger partial charge in [-0.15, -0.1) is 20.5 Å². The summed E-state index contributed by atoms with van der Waals surface area (Å²) in [5.41, 5.74) is -2.84. The van der Waals surface area contributed by atoms with Crippen molar-refractivity contribution >= 4 is 101 Å². The Bertz CT molecular complexity index is 3370. The molecule has 0 atom stereocenters. The fourth-order valence-electron chi connectivity index (χ4n) is 5.43. The van der Waals surface area contributed by atoms with Crippen LogP contribution in [-0.2, 0) is 67.4 Å². The molecule has 1 heterocycles. The largest absolute Gasteiger partial charge is 0.506 e. The molecule has 0 saturated carbocycles. The summed E-state index contributed by atoms with van der Waals surface area (Å²) in [6.45, 7) is -0.462. The Kier molecular flexibility index (Phi) is 16.0. The van der Waals surface area contributed by atoms with E-state index < -0.39 is 146 Å². The zero-order valence-corrected chi connectivity index (χ0v) is 38.4. The third kappa shape index (κ3) is 13.0. The molecular weight excluding hydrogens is 1040 g/mol. The number of hydrogen-bond acceptors (Lipinski definition) is 23. The van der Waals surface area contributed by atoms with Crippen LogP contribution in [0.4, 0.5) is 44.7 Å². The molecule has 0 bridgehead atoms. The number of phenols is 2. The number of ether oxygens (including phenoxy) is 2. The van der Waals surface area contributed by atoms with E-state index in [0.717, 1.165) is 47.4 Å². The Morgan fingerprint density at radius 1 is 0.682 bits per heavy atom. The van der Waals surface area contributed by atoms with Crippen molar-refractivity contribution in [2.45, 2.75) is 14.7 Å². The van der Waals surface area contributed by atoms with Crippen LogP contribution in [0, 0.1) is 6.08 Å². The van der Waals surface area contributed by atoms with Crippen molar-refractivity contribution < 1.29 is 101 Å². The summed E-state index contributed by atoms with van der Waals surface area (Å²) in [5, 5.41) is 38.0. The van der Waals surface area contributed by atoms with Gasteiger partial charge in [-0.1, -0.05) is 0 Å². The second kappa shape index (κ2) is 20.0. The molecule has 5 aromatic rings. The Hall–Kier alpha value is -5.81. The van der Waals surface area contributed by atoms with Crippen molar-refractivity contribution in [1.29, 1.82) is 0 Å². The van der Waals surface area contributed by atoms with Gasteiger partial charge in [-0.25, -0.2) is 8.42 Å². The van der Waals surface area contributed by atoms with Crippen molar-refractivity contribution in [3.63, 3.8) is 0 Å². The number of nitrogens with one attached hydrogen (secondary N) is 1. The van der Waals surface area contributed by atoms with Crippen LogP contribution < -0.4 is 19.7 Å². The SMILES string of the molecule is COc1cc(N=Nc2cc(S(=O)(=O)O)ccc2O)c(N=Nc2c(S(=O)(=O)O)cc3c(S(=O)(=O)O)c(Nc4nc(F)nc(N(C)CCS(=O)(=O)CCS(=O)(=O)O)n4)ccc3c2O)cc1OC.[Cu]. The second-order valence-electron chi connectivity index (χ2n) is 13.0. The Morgan fingerprint density at radius 2 is 1.27 bits per heavy atom. The third-order valence-corrected chi connectivity index (χ3v) is 13.8. The first kappa shape index (κ1) is 52.8. The number of benzene rings is 4. The summed E-state index contributed by atoms with van der Waals surface area (Å²) < 4.78 is 185. The van der Waals surface area contributed by atoms with E-state index in [-0.39, 0.29) is 39.9 Å². The quantitative estimate of drug-likeness (QED) is 0.0374. The molecule has 7 N–H and O–H groups in total.